The molecule has 5 rings (SSSR count). The Bertz CT molecular complexity index is 1340. The molecule has 1 aliphatic heterocycles. The SMILES string of the molecule is CCCCCC(C)CCCCCCC(C)[Si]C1Oc2ccc(-c3ncc(-c4ccc(CCCCCCCCCC5CC5)cc4)cn3)cc2O1. The second-order valence-electron chi connectivity index (χ2n) is 15.3. The van der Waals surface area contributed by atoms with Gasteiger partial charge in [-0.3, -0.25) is 0 Å². The monoisotopic (exact) mass is 680 g/mol. The highest BCUT2D eigenvalue weighted by Gasteiger charge is 2.27. The van der Waals surface area contributed by atoms with Gasteiger partial charge in [0.25, 0.3) is 0 Å². The molecule has 0 amide bonds. The van der Waals surface area contributed by atoms with E-state index in [0.29, 0.717) is 20.9 Å². The zero-order chi connectivity index (χ0) is 34.1. The predicted octanol–water partition coefficient (Wildman–Crippen LogP) is 13.0. The third-order valence-corrected chi connectivity index (χ3v) is 12.1. The Morgan fingerprint density at radius 1 is 0.653 bits per heavy atom. The van der Waals surface area contributed by atoms with Gasteiger partial charge in [-0.05, 0) is 59.5 Å². The van der Waals surface area contributed by atoms with Gasteiger partial charge in [-0.15, -0.1) is 0 Å². The van der Waals surface area contributed by atoms with E-state index >= 15 is 0 Å². The molecule has 2 aliphatic rings. The minimum Gasteiger partial charge on any atom is -0.456 e. The van der Waals surface area contributed by atoms with Gasteiger partial charge in [0.2, 0.25) is 5.91 Å². The van der Waals surface area contributed by atoms with Crippen molar-refractivity contribution in [2.75, 3.05) is 0 Å². The number of nitrogens with zero attached hydrogens (tertiary/aromatic N) is 2. The summed E-state index contributed by atoms with van der Waals surface area (Å²) in [6.45, 7) is 7.07. The van der Waals surface area contributed by atoms with Crippen molar-refractivity contribution in [2.24, 2.45) is 11.8 Å². The van der Waals surface area contributed by atoms with E-state index in [0.717, 1.165) is 40.0 Å². The number of aryl methyl sites for hydroxylation is 1. The van der Waals surface area contributed by atoms with E-state index in [-0.39, 0.29) is 5.91 Å². The minimum atomic E-state index is -0.179. The van der Waals surface area contributed by atoms with Crippen LogP contribution in [0.5, 0.6) is 11.5 Å². The van der Waals surface area contributed by atoms with Gasteiger partial charge in [-0.1, -0.05) is 167 Å². The summed E-state index contributed by atoms with van der Waals surface area (Å²) in [5.74, 6) is 4.16. The van der Waals surface area contributed by atoms with Crippen molar-refractivity contribution in [3.63, 3.8) is 0 Å². The van der Waals surface area contributed by atoms with Gasteiger partial charge in [0.05, 0.1) is 0 Å². The molecule has 2 aromatic carbocycles. The second kappa shape index (κ2) is 20.9. The number of fused-ring (bicyclic) bond motifs is 1. The molecular weight excluding hydrogens is 617 g/mol. The molecule has 1 fully saturated rings. The molecule has 49 heavy (non-hydrogen) atoms. The lowest BCUT2D eigenvalue weighted by molar-refractivity contribution is 0.122. The molecule has 1 aromatic heterocycles. The van der Waals surface area contributed by atoms with Gasteiger partial charge in [0.1, 0.15) is 0 Å². The number of unbranched alkanes of at least 4 members (excludes halogenated alkanes) is 11. The maximum absolute atomic E-state index is 6.26. The first kappa shape index (κ1) is 37.6. The van der Waals surface area contributed by atoms with E-state index in [9.17, 15) is 0 Å². The Morgan fingerprint density at radius 2 is 1.27 bits per heavy atom. The first-order valence-electron chi connectivity index (χ1n) is 20.2. The molecule has 1 saturated carbocycles. The topological polar surface area (TPSA) is 44.2 Å². The van der Waals surface area contributed by atoms with Crippen LogP contribution in [-0.2, 0) is 6.42 Å². The van der Waals surface area contributed by atoms with Gasteiger partial charge in [-0.2, -0.15) is 0 Å². The first-order chi connectivity index (χ1) is 24.1. The van der Waals surface area contributed by atoms with Crippen LogP contribution in [0.1, 0.15) is 155 Å². The third kappa shape index (κ3) is 13.5. The standard InChI is InChI=1S/C44H64N2O2Si/c1-4-5-13-18-34(2)19-14-11-12-15-20-35(3)49-44-47-41-30-29-39(31-42(41)48-44)43-45-32-40(33-46-43)38-27-25-37(26-28-38)22-17-10-8-6-7-9-16-21-36-23-24-36/h25-36,44H,4-24H2,1-3H3. The fourth-order valence-electron chi connectivity index (χ4n) is 7.20. The Balaban J connectivity index is 0.967. The lowest BCUT2D eigenvalue weighted by Crippen LogP contribution is -2.28. The molecule has 2 heterocycles. The number of ether oxygens (including phenoxy) is 2. The summed E-state index contributed by atoms with van der Waals surface area (Å²) in [7, 11) is 0.632. The maximum Gasteiger partial charge on any atom is 0.215 e. The van der Waals surface area contributed by atoms with Crippen LogP contribution < -0.4 is 9.47 Å². The fourth-order valence-corrected chi connectivity index (χ4v) is 8.43. The summed E-state index contributed by atoms with van der Waals surface area (Å²) in [4.78, 5) is 9.45. The van der Waals surface area contributed by atoms with E-state index in [1.54, 1.807) is 0 Å². The van der Waals surface area contributed by atoms with Gasteiger partial charge >= 0.3 is 0 Å². The van der Waals surface area contributed by atoms with Crippen LogP contribution >= 0.6 is 0 Å². The molecule has 0 N–H and O–H groups in total. The summed E-state index contributed by atoms with van der Waals surface area (Å²) in [5, 5.41) is 0. The van der Waals surface area contributed by atoms with Crippen LogP contribution in [0, 0.1) is 11.8 Å². The van der Waals surface area contributed by atoms with Crippen LogP contribution in [0.4, 0.5) is 0 Å². The molecule has 1 aliphatic carbocycles. The molecule has 3 atom stereocenters. The number of aromatic nitrogens is 2. The second-order valence-corrected chi connectivity index (χ2v) is 17.1. The molecule has 2 radical (unpaired) electrons. The number of hydrogen-bond donors (Lipinski definition) is 0. The van der Waals surface area contributed by atoms with Crippen molar-refractivity contribution in [1.29, 1.82) is 0 Å². The van der Waals surface area contributed by atoms with E-state index in [1.165, 1.54) is 140 Å². The largest absolute Gasteiger partial charge is 0.456 e. The van der Waals surface area contributed by atoms with E-state index in [1.807, 2.05) is 30.6 Å². The number of rotatable bonds is 25. The van der Waals surface area contributed by atoms with Gasteiger partial charge < -0.3 is 9.47 Å². The summed E-state index contributed by atoms with van der Waals surface area (Å²) in [6.07, 6.45) is 32.9. The predicted molar refractivity (Wildman–Crippen MR) is 207 cm³/mol. The normalized spacial score (nSPS) is 16.6. The van der Waals surface area contributed by atoms with Crippen molar-refractivity contribution >= 4 is 9.52 Å². The van der Waals surface area contributed by atoms with Crippen molar-refractivity contribution < 1.29 is 9.47 Å². The summed E-state index contributed by atoms with van der Waals surface area (Å²) >= 11 is 0. The maximum atomic E-state index is 6.26. The third-order valence-electron chi connectivity index (χ3n) is 10.7. The molecule has 0 spiro atoms. The zero-order valence-corrected chi connectivity index (χ0v) is 32.1. The minimum absolute atomic E-state index is 0.179. The molecule has 0 saturated heterocycles. The van der Waals surface area contributed by atoms with Gasteiger partial charge in [-0.25, -0.2) is 9.97 Å². The van der Waals surface area contributed by atoms with Crippen LogP contribution in [0.2, 0.25) is 5.54 Å². The Labute approximate surface area is 301 Å². The number of benzene rings is 2. The van der Waals surface area contributed by atoms with E-state index in [2.05, 4.69) is 45.0 Å². The summed E-state index contributed by atoms with van der Waals surface area (Å²) in [5.41, 5.74) is 5.20. The molecule has 266 valence electrons. The quantitative estimate of drug-likeness (QED) is 0.0660. The Morgan fingerprint density at radius 3 is 1.98 bits per heavy atom. The first-order valence-corrected chi connectivity index (χ1v) is 21.4. The molecule has 4 nitrogen and oxygen atoms in total. The van der Waals surface area contributed by atoms with Gasteiger partial charge in [0.15, 0.2) is 26.8 Å². The average molecular weight is 681 g/mol. The highest BCUT2D eigenvalue weighted by atomic mass is 28.2. The van der Waals surface area contributed by atoms with Crippen LogP contribution in [0.25, 0.3) is 22.5 Å². The summed E-state index contributed by atoms with van der Waals surface area (Å²) in [6, 6.07) is 15.1. The summed E-state index contributed by atoms with van der Waals surface area (Å²) < 4.78 is 12.4. The molecule has 3 aromatic rings. The molecule has 5 heteroatoms. The van der Waals surface area contributed by atoms with Crippen molar-refractivity contribution in [1.82, 2.24) is 9.97 Å². The fraction of sp³-hybridized carbons (Fsp3) is 0.636. The molecular formula is C44H64N2O2Si. The Kier molecular flexibility index (Phi) is 16.0. The van der Waals surface area contributed by atoms with Crippen LogP contribution in [0.15, 0.2) is 54.9 Å². The van der Waals surface area contributed by atoms with Gasteiger partial charge in [0, 0.05) is 23.5 Å². The lowest BCUT2D eigenvalue weighted by Gasteiger charge is -2.15. The van der Waals surface area contributed by atoms with E-state index < -0.39 is 0 Å². The smallest absolute Gasteiger partial charge is 0.215 e. The number of hydrogen-bond acceptors (Lipinski definition) is 4. The van der Waals surface area contributed by atoms with Crippen molar-refractivity contribution in [3.05, 3.63) is 60.4 Å². The van der Waals surface area contributed by atoms with Crippen LogP contribution in [-0.4, -0.2) is 25.4 Å². The molecule has 3 unspecified atom stereocenters. The highest BCUT2D eigenvalue weighted by Crippen LogP contribution is 2.38. The zero-order valence-electron chi connectivity index (χ0n) is 31.1. The van der Waals surface area contributed by atoms with Crippen molar-refractivity contribution in [3.8, 4) is 34.0 Å². The highest BCUT2D eigenvalue weighted by molar-refractivity contribution is 6.38. The lowest BCUT2D eigenvalue weighted by atomic mass is 9.96. The van der Waals surface area contributed by atoms with Crippen LogP contribution in [0.3, 0.4) is 0 Å². The van der Waals surface area contributed by atoms with Crippen molar-refractivity contribution in [2.45, 2.75) is 167 Å². The molecule has 0 bridgehead atoms. The van der Waals surface area contributed by atoms with E-state index in [4.69, 9.17) is 19.4 Å². The average Bonchev–Trinajstić information content (AvgIpc) is 3.86. The Hall–Kier alpha value is -2.66.